The number of benzene rings is 1. The van der Waals surface area contributed by atoms with Crippen LogP contribution in [0.15, 0.2) is 46.8 Å². The summed E-state index contributed by atoms with van der Waals surface area (Å²) in [6.45, 7) is 8.31. The lowest BCUT2D eigenvalue weighted by atomic mass is 9.68. The smallest absolute Gasteiger partial charge is 0.336 e. The first-order valence-corrected chi connectivity index (χ1v) is 9.88. The highest BCUT2D eigenvalue weighted by Gasteiger charge is 2.43. The Balaban J connectivity index is 2.18. The number of rotatable bonds is 5. The molecule has 0 amide bonds. The van der Waals surface area contributed by atoms with Crippen molar-refractivity contribution >= 4 is 11.8 Å². The average Bonchev–Trinajstić information content (AvgIpc) is 2.65. The lowest BCUT2D eigenvalue weighted by molar-refractivity contribution is -0.138. The molecule has 1 atom stereocenters. The number of hydrogen-bond acceptors (Lipinski definition) is 5. The van der Waals surface area contributed by atoms with Crippen LogP contribution in [-0.2, 0) is 14.3 Å². The minimum absolute atomic E-state index is 0.0940. The van der Waals surface area contributed by atoms with Gasteiger partial charge in [-0.1, -0.05) is 32.9 Å². The number of methoxy groups -OCH3 is 1. The second kappa shape index (κ2) is 7.82. The molecular formula is C23H29NO4. The molecule has 1 aliphatic carbocycles. The third kappa shape index (κ3) is 3.71. The van der Waals surface area contributed by atoms with Gasteiger partial charge in [-0.15, -0.1) is 0 Å². The molecule has 28 heavy (non-hydrogen) atoms. The zero-order chi connectivity index (χ0) is 20.5. The van der Waals surface area contributed by atoms with Crippen LogP contribution in [0.1, 0.15) is 58.4 Å². The molecule has 0 saturated heterocycles. The van der Waals surface area contributed by atoms with E-state index in [4.69, 9.17) is 9.47 Å². The standard InChI is InChI=1S/C23H29NO4/c1-6-16-21(22(26)28-7-2)19(14-8-10-15(27-5)11-9-14)20-17(24-16)12-23(3,4)13-18(20)25/h8-11,19,24H,6-7,12-13H2,1-5H3/t19-/m1/s1. The van der Waals surface area contributed by atoms with Crippen molar-refractivity contribution in [2.75, 3.05) is 13.7 Å². The summed E-state index contributed by atoms with van der Waals surface area (Å²) < 4.78 is 10.6. The summed E-state index contributed by atoms with van der Waals surface area (Å²) in [5.74, 6) is 0.0495. The Bertz CT molecular complexity index is 846. The molecule has 2 aliphatic rings. The summed E-state index contributed by atoms with van der Waals surface area (Å²) in [7, 11) is 1.62. The minimum atomic E-state index is -0.417. The summed E-state index contributed by atoms with van der Waals surface area (Å²) in [5, 5.41) is 3.42. The molecule has 0 fully saturated rings. The van der Waals surface area contributed by atoms with Crippen LogP contribution in [-0.4, -0.2) is 25.5 Å². The van der Waals surface area contributed by atoms with Crippen LogP contribution in [0.25, 0.3) is 0 Å². The molecule has 0 aromatic heterocycles. The van der Waals surface area contributed by atoms with Gasteiger partial charge in [-0.2, -0.15) is 0 Å². The molecule has 5 nitrogen and oxygen atoms in total. The lowest BCUT2D eigenvalue weighted by Crippen LogP contribution is -2.39. The van der Waals surface area contributed by atoms with Gasteiger partial charge in [0.05, 0.1) is 19.3 Å². The lowest BCUT2D eigenvalue weighted by Gasteiger charge is -2.40. The van der Waals surface area contributed by atoms with Crippen molar-refractivity contribution in [1.29, 1.82) is 0 Å². The van der Waals surface area contributed by atoms with Crippen molar-refractivity contribution in [3.05, 3.63) is 52.4 Å². The number of carbonyl (C=O) groups excluding carboxylic acids is 2. The number of allylic oxidation sites excluding steroid dienone is 3. The van der Waals surface area contributed by atoms with Crippen LogP contribution < -0.4 is 10.1 Å². The van der Waals surface area contributed by atoms with Gasteiger partial charge in [0, 0.05) is 29.3 Å². The highest BCUT2D eigenvalue weighted by Crippen LogP contribution is 2.47. The van der Waals surface area contributed by atoms with Gasteiger partial charge in [-0.05, 0) is 42.9 Å². The van der Waals surface area contributed by atoms with Crippen LogP contribution >= 0.6 is 0 Å². The first kappa shape index (κ1) is 20.2. The summed E-state index contributed by atoms with van der Waals surface area (Å²) in [5.41, 5.74) is 3.81. The van der Waals surface area contributed by atoms with Crippen molar-refractivity contribution in [3.63, 3.8) is 0 Å². The highest BCUT2D eigenvalue weighted by atomic mass is 16.5. The summed E-state index contributed by atoms with van der Waals surface area (Å²) in [6, 6.07) is 7.59. The fourth-order valence-corrected chi connectivity index (χ4v) is 4.21. The Hall–Kier alpha value is -2.56. The van der Waals surface area contributed by atoms with E-state index in [0.717, 1.165) is 29.1 Å². The molecule has 3 rings (SSSR count). The van der Waals surface area contributed by atoms with Crippen molar-refractivity contribution in [2.24, 2.45) is 5.41 Å². The largest absolute Gasteiger partial charge is 0.497 e. The van der Waals surface area contributed by atoms with E-state index in [1.54, 1.807) is 14.0 Å². The number of nitrogens with one attached hydrogen (secondary N) is 1. The fourth-order valence-electron chi connectivity index (χ4n) is 4.21. The van der Waals surface area contributed by atoms with Gasteiger partial charge in [0.25, 0.3) is 0 Å². The number of hydrogen-bond donors (Lipinski definition) is 1. The molecule has 150 valence electrons. The van der Waals surface area contributed by atoms with E-state index in [0.29, 0.717) is 30.6 Å². The van der Waals surface area contributed by atoms with Gasteiger partial charge in [0.1, 0.15) is 5.75 Å². The van der Waals surface area contributed by atoms with Crippen molar-refractivity contribution in [2.45, 2.75) is 52.9 Å². The van der Waals surface area contributed by atoms with Crippen LogP contribution in [0.5, 0.6) is 5.75 Å². The van der Waals surface area contributed by atoms with Crippen LogP contribution in [0.4, 0.5) is 0 Å². The number of carbonyl (C=O) groups is 2. The molecule has 1 aliphatic heterocycles. The maximum absolute atomic E-state index is 13.2. The molecule has 1 aromatic carbocycles. The number of esters is 1. The third-order valence-electron chi connectivity index (χ3n) is 5.42. The topological polar surface area (TPSA) is 64.6 Å². The molecule has 1 heterocycles. The molecule has 0 saturated carbocycles. The van der Waals surface area contributed by atoms with Crippen molar-refractivity contribution in [1.82, 2.24) is 5.32 Å². The number of ketones is 1. The SMILES string of the molecule is CCOC(=O)C1=C(CC)NC2=C(C(=O)CC(C)(C)C2)[C@H]1c1ccc(OC)cc1. The van der Waals surface area contributed by atoms with Gasteiger partial charge >= 0.3 is 5.97 Å². The van der Waals surface area contributed by atoms with Crippen molar-refractivity contribution < 1.29 is 19.1 Å². The van der Waals surface area contributed by atoms with E-state index >= 15 is 0 Å². The van der Waals surface area contributed by atoms with Gasteiger partial charge in [0.2, 0.25) is 0 Å². The molecular weight excluding hydrogens is 354 g/mol. The second-order valence-electron chi connectivity index (χ2n) is 8.13. The predicted molar refractivity (Wildman–Crippen MR) is 108 cm³/mol. The molecule has 5 heteroatoms. The maximum atomic E-state index is 13.2. The quantitative estimate of drug-likeness (QED) is 0.770. The Morgan fingerprint density at radius 2 is 1.86 bits per heavy atom. The minimum Gasteiger partial charge on any atom is -0.497 e. The molecule has 0 bridgehead atoms. The maximum Gasteiger partial charge on any atom is 0.336 e. The Kier molecular flexibility index (Phi) is 5.64. The molecule has 0 unspecified atom stereocenters. The van der Waals surface area contributed by atoms with Gasteiger partial charge in [-0.3, -0.25) is 4.79 Å². The van der Waals surface area contributed by atoms with Crippen LogP contribution in [0.2, 0.25) is 0 Å². The van der Waals surface area contributed by atoms with E-state index in [1.165, 1.54) is 0 Å². The molecule has 1 aromatic rings. The third-order valence-corrected chi connectivity index (χ3v) is 5.42. The van der Waals surface area contributed by atoms with Gasteiger partial charge < -0.3 is 14.8 Å². The normalized spacial score (nSPS) is 21.2. The predicted octanol–water partition coefficient (Wildman–Crippen LogP) is 4.25. The highest BCUT2D eigenvalue weighted by molar-refractivity contribution is 6.04. The first-order valence-electron chi connectivity index (χ1n) is 9.88. The van der Waals surface area contributed by atoms with Crippen LogP contribution in [0, 0.1) is 5.41 Å². The monoisotopic (exact) mass is 383 g/mol. The Labute approximate surface area is 166 Å². The van der Waals surface area contributed by atoms with Gasteiger partial charge in [-0.25, -0.2) is 4.79 Å². The van der Waals surface area contributed by atoms with E-state index in [-0.39, 0.29) is 17.2 Å². The van der Waals surface area contributed by atoms with Crippen LogP contribution in [0.3, 0.4) is 0 Å². The Morgan fingerprint density at radius 3 is 2.43 bits per heavy atom. The van der Waals surface area contributed by atoms with E-state index < -0.39 is 5.92 Å². The zero-order valence-electron chi connectivity index (χ0n) is 17.3. The van der Waals surface area contributed by atoms with Crippen molar-refractivity contribution in [3.8, 4) is 5.75 Å². The zero-order valence-corrected chi connectivity index (χ0v) is 17.3. The molecule has 0 spiro atoms. The van der Waals surface area contributed by atoms with E-state index in [9.17, 15) is 9.59 Å². The summed E-state index contributed by atoms with van der Waals surface area (Å²) >= 11 is 0. The molecule has 1 N–H and O–H groups in total. The average molecular weight is 383 g/mol. The van der Waals surface area contributed by atoms with Gasteiger partial charge in [0.15, 0.2) is 5.78 Å². The second-order valence-corrected chi connectivity index (χ2v) is 8.13. The number of dihydropyridines is 1. The number of Topliss-reactive ketones (excluding diaryl/α,β-unsaturated/α-hetero) is 1. The summed E-state index contributed by atoms with van der Waals surface area (Å²) in [4.78, 5) is 26.1. The van der Waals surface area contributed by atoms with E-state index in [2.05, 4.69) is 19.2 Å². The fraction of sp³-hybridized carbons (Fsp3) is 0.478. The van der Waals surface area contributed by atoms with E-state index in [1.807, 2.05) is 31.2 Å². The number of ether oxygens (including phenoxy) is 2. The molecule has 0 radical (unpaired) electrons. The summed E-state index contributed by atoms with van der Waals surface area (Å²) in [6.07, 6.45) is 1.91. The Morgan fingerprint density at radius 1 is 1.18 bits per heavy atom. The first-order chi connectivity index (χ1) is 13.3.